The summed E-state index contributed by atoms with van der Waals surface area (Å²) in [7, 11) is 0. The van der Waals surface area contributed by atoms with Gasteiger partial charge in [0.15, 0.2) is 5.75 Å². The average molecular weight is 807 g/mol. The van der Waals surface area contributed by atoms with E-state index >= 15 is 0 Å². The van der Waals surface area contributed by atoms with E-state index < -0.39 is 89.4 Å². The molecule has 0 radical (unpaired) electrons. The van der Waals surface area contributed by atoms with Crippen molar-refractivity contribution in [3.63, 3.8) is 0 Å². The van der Waals surface area contributed by atoms with Gasteiger partial charge >= 0.3 is 47.6 Å². The number of fused-ring (bicyclic) bond motifs is 1. The summed E-state index contributed by atoms with van der Waals surface area (Å²) in [5.41, 5.74) is -1.66. The van der Waals surface area contributed by atoms with Crippen LogP contribution in [0.2, 0.25) is 0 Å². The van der Waals surface area contributed by atoms with Gasteiger partial charge in [-0.2, -0.15) is 74.6 Å². The van der Waals surface area contributed by atoms with Crippen LogP contribution in [0.25, 0.3) is 0 Å². The molecule has 2 aromatic carbocycles. The van der Waals surface area contributed by atoms with Crippen molar-refractivity contribution in [2.45, 2.75) is 54.1 Å². The van der Waals surface area contributed by atoms with Crippen molar-refractivity contribution >= 4 is 33.7 Å². The van der Waals surface area contributed by atoms with E-state index in [1.54, 1.807) is 0 Å². The quantitative estimate of drug-likeness (QED) is 0.174. The van der Waals surface area contributed by atoms with Crippen LogP contribution in [0.4, 0.5) is 74.6 Å². The standard InChI is InChI=1S/C25H12BrF17N2O4/c26-11-2-4-12(5-3-11)49-45-16(47)13-6-1-10(9-14(13)17(45)48)15(46)44-8-7-18(27,28)19(29,30)20(31,32)21(33,34)22(35,36)23(37,38)24(39,40)25(41,42)43/h1-6,9H,7-8H2,(H,44,46). The van der Waals surface area contributed by atoms with Crippen LogP contribution in [0.15, 0.2) is 46.9 Å². The van der Waals surface area contributed by atoms with E-state index in [4.69, 9.17) is 4.84 Å². The molecule has 1 heterocycles. The van der Waals surface area contributed by atoms with Crippen LogP contribution in [0, 0.1) is 0 Å². The second-order valence-corrected chi connectivity index (χ2v) is 10.8. The Kier molecular flexibility index (Phi) is 9.83. The largest absolute Gasteiger partial charge is 0.460 e. The van der Waals surface area contributed by atoms with Crippen LogP contribution >= 0.6 is 15.9 Å². The van der Waals surface area contributed by atoms with Crippen LogP contribution in [-0.4, -0.2) is 77.0 Å². The number of nitrogens with one attached hydrogen (secondary N) is 1. The van der Waals surface area contributed by atoms with Gasteiger partial charge in [0.2, 0.25) is 0 Å². The first-order chi connectivity index (χ1) is 21.9. The van der Waals surface area contributed by atoms with Gasteiger partial charge in [-0.05, 0) is 42.5 Å². The van der Waals surface area contributed by atoms with Crippen LogP contribution in [0.3, 0.4) is 0 Å². The molecule has 0 aromatic heterocycles. The Morgan fingerprint density at radius 2 is 1.08 bits per heavy atom. The van der Waals surface area contributed by atoms with Crippen LogP contribution in [-0.2, 0) is 0 Å². The van der Waals surface area contributed by atoms with E-state index in [9.17, 15) is 89.0 Å². The molecule has 0 atom stereocenters. The van der Waals surface area contributed by atoms with Gasteiger partial charge in [0, 0.05) is 23.0 Å². The van der Waals surface area contributed by atoms with Gasteiger partial charge in [-0.15, -0.1) is 0 Å². The molecule has 0 unspecified atom stereocenters. The second kappa shape index (κ2) is 12.2. The van der Waals surface area contributed by atoms with E-state index in [0.29, 0.717) is 10.5 Å². The zero-order valence-electron chi connectivity index (χ0n) is 22.8. The van der Waals surface area contributed by atoms with Crippen LogP contribution in [0.1, 0.15) is 37.5 Å². The van der Waals surface area contributed by atoms with Crippen molar-refractivity contribution in [3.8, 4) is 5.75 Å². The summed E-state index contributed by atoms with van der Waals surface area (Å²) in [6, 6.07) is 7.73. The lowest BCUT2D eigenvalue weighted by molar-refractivity contribution is -0.461. The number of carbonyl (C=O) groups excluding carboxylic acids is 3. The van der Waals surface area contributed by atoms with Crippen molar-refractivity contribution in [2.24, 2.45) is 0 Å². The van der Waals surface area contributed by atoms with Gasteiger partial charge in [-0.3, -0.25) is 14.4 Å². The molecule has 0 fully saturated rings. The Morgan fingerprint density at radius 1 is 0.633 bits per heavy atom. The van der Waals surface area contributed by atoms with Crippen molar-refractivity contribution in [1.82, 2.24) is 10.4 Å². The third kappa shape index (κ3) is 6.12. The zero-order valence-corrected chi connectivity index (χ0v) is 24.4. The maximum absolute atomic E-state index is 14.1. The second-order valence-electron chi connectivity index (χ2n) is 9.86. The highest BCUT2D eigenvalue weighted by molar-refractivity contribution is 9.10. The van der Waals surface area contributed by atoms with Gasteiger partial charge in [-0.1, -0.05) is 21.0 Å². The third-order valence-electron chi connectivity index (χ3n) is 6.63. The number of imide groups is 1. The molecule has 2 aromatic rings. The van der Waals surface area contributed by atoms with Gasteiger partial charge in [0.25, 0.3) is 17.7 Å². The highest BCUT2D eigenvalue weighted by Gasteiger charge is 2.95. The van der Waals surface area contributed by atoms with Crippen LogP contribution in [0.5, 0.6) is 5.75 Å². The summed E-state index contributed by atoms with van der Waals surface area (Å²) in [6.45, 7) is -1.94. The Labute approximate surface area is 268 Å². The summed E-state index contributed by atoms with van der Waals surface area (Å²) >= 11 is 3.12. The average Bonchev–Trinajstić information content (AvgIpc) is 3.21. The van der Waals surface area contributed by atoms with Crippen molar-refractivity contribution in [3.05, 3.63) is 63.6 Å². The molecular formula is C25H12BrF17N2O4. The number of carbonyl (C=O) groups is 3. The summed E-state index contributed by atoms with van der Waals surface area (Å²) in [6.07, 6.45) is -10.7. The molecule has 0 bridgehead atoms. The van der Waals surface area contributed by atoms with Crippen molar-refractivity contribution in [1.29, 1.82) is 0 Å². The van der Waals surface area contributed by atoms with E-state index in [-0.39, 0.29) is 16.4 Å². The van der Waals surface area contributed by atoms with Crippen molar-refractivity contribution < 1.29 is 93.9 Å². The summed E-state index contributed by atoms with van der Waals surface area (Å²) in [5, 5.41) is 1.59. The normalized spacial score (nSPS) is 15.4. The molecule has 3 amide bonds. The number of benzene rings is 2. The smallest absolute Gasteiger partial charge is 0.368 e. The number of hydrogen-bond donors (Lipinski definition) is 1. The number of amides is 3. The maximum atomic E-state index is 14.1. The lowest BCUT2D eigenvalue weighted by atomic mass is 9.88. The first-order valence-corrected chi connectivity index (χ1v) is 13.2. The number of halogens is 18. The van der Waals surface area contributed by atoms with Crippen LogP contribution < -0.4 is 10.2 Å². The summed E-state index contributed by atoms with van der Waals surface area (Å²) in [5.74, 6) is -61.3. The van der Waals surface area contributed by atoms with E-state index in [2.05, 4.69) is 15.9 Å². The Balaban J connectivity index is 1.77. The highest BCUT2D eigenvalue weighted by atomic mass is 79.9. The summed E-state index contributed by atoms with van der Waals surface area (Å²) < 4.78 is 229. The number of hydrogen-bond acceptors (Lipinski definition) is 4. The van der Waals surface area contributed by atoms with Gasteiger partial charge in [0.1, 0.15) is 0 Å². The molecule has 3 rings (SSSR count). The SMILES string of the molecule is O=C(NCCC(F)(F)C(F)(F)C(F)(F)C(F)(F)C(F)(F)C(F)(F)C(F)(F)C(F)(F)F)c1ccc2c(c1)C(=O)N(Oc1ccc(Br)cc1)C2=O. The van der Waals surface area contributed by atoms with Gasteiger partial charge in [0.05, 0.1) is 11.1 Å². The zero-order chi connectivity index (χ0) is 38.0. The molecule has 0 spiro atoms. The lowest BCUT2D eigenvalue weighted by Gasteiger charge is -2.42. The number of alkyl halides is 17. The highest BCUT2D eigenvalue weighted by Crippen LogP contribution is 2.64. The third-order valence-corrected chi connectivity index (χ3v) is 7.16. The molecule has 1 N–H and O–H groups in total. The fourth-order valence-electron chi connectivity index (χ4n) is 3.83. The first-order valence-electron chi connectivity index (χ1n) is 12.4. The molecule has 0 saturated heterocycles. The summed E-state index contributed by atoms with van der Waals surface area (Å²) in [4.78, 5) is 42.7. The molecule has 0 aliphatic carbocycles. The topological polar surface area (TPSA) is 75.7 Å². The predicted molar refractivity (Wildman–Crippen MR) is 129 cm³/mol. The Bertz CT molecular complexity index is 1630. The number of rotatable bonds is 12. The maximum Gasteiger partial charge on any atom is 0.460 e. The lowest BCUT2D eigenvalue weighted by Crippen LogP contribution is -2.74. The molecule has 1 aliphatic heterocycles. The molecular weight excluding hydrogens is 795 g/mol. The Morgan fingerprint density at radius 3 is 1.57 bits per heavy atom. The molecule has 0 saturated carbocycles. The molecule has 1 aliphatic rings. The first kappa shape index (κ1) is 39.6. The minimum Gasteiger partial charge on any atom is -0.368 e. The van der Waals surface area contributed by atoms with E-state index in [1.165, 1.54) is 29.6 Å². The minimum absolute atomic E-state index is 0.0339. The van der Waals surface area contributed by atoms with E-state index in [0.717, 1.165) is 12.1 Å². The molecule has 6 nitrogen and oxygen atoms in total. The van der Waals surface area contributed by atoms with E-state index in [1.807, 2.05) is 0 Å². The Hall–Kier alpha value is -3.86. The monoisotopic (exact) mass is 806 g/mol. The fourth-order valence-corrected chi connectivity index (χ4v) is 4.10. The van der Waals surface area contributed by atoms with Gasteiger partial charge < -0.3 is 10.2 Å². The molecule has 49 heavy (non-hydrogen) atoms. The van der Waals surface area contributed by atoms with Gasteiger partial charge in [-0.25, -0.2) is 0 Å². The fraction of sp³-hybridized carbons (Fsp3) is 0.400. The number of nitrogens with zero attached hydrogens (tertiary/aromatic N) is 1. The van der Waals surface area contributed by atoms with Crippen molar-refractivity contribution in [2.75, 3.05) is 6.54 Å². The minimum atomic E-state index is -8.75. The predicted octanol–water partition coefficient (Wildman–Crippen LogP) is 8.17. The number of hydroxylamine groups is 2. The molecule has 272 valence electrons. The molecule has 24 heteroatoms.